The van der Waals surface area contributed by atoms with E-state index in [1.54, 1.807) is 42.5 Å². The third-order valence-corrected chi connectivity index (χ3v) is 7.51. The minimum absolute atomic E-state index is 0.0647. The predicted molar refractivity (Wildman–Crippen MR) is 106 cm³/mol. The molecule has 8 heteroatoms. The van der Waals surface area contributed by atoms with Gasteiger partial charge in [0.2, 0.25) is 10.0 Å². The lowest BCUT2D eigenvalue weighted by molar-refractivity contribution is 0.00538. The molecule has 0 saturated carbocycles. The van der Waals surface area contributed by atoms with Gasteiger partial charge in [0.05, 0.1) is 25.5 Å². The van der Waals surface area contributed by atoms with Gasteiger partial charge in [0.1, 0.15) is 28.4 Å². The maximum Gasteiger partial charge on any atom is 0.243 e. The van der Waals surface area contributed by atoms with Gasteiger partial charge in [-0.3, -0.25) is 4.79 Å². The molecule has 2 aromatic rings. The lowest BCUT2D eigenvalue weighted by atomic mass is 9.82. The van der Waals surface area contributed by atoms with Crippen LogP contribution in [0.25, 0.3) is 0 Å². The van der Waals surface area contributed by atoms with Crippen LogP contribution in [0, 0.1) is 0 Å². The highest BCUT2D eigenvalue weighted by atomic mass is 32.2. The topological polar surface area (TPSA) is 82.1 Å². The van der Waals surface area contributed by atoms with Gasteiger partial charge in [0, 0.05) is 38.1 Å². The van der Waals surface area contributed by atoms with Gasteiger partial charge in [0.15, 0.2) is 5.78 Å². The van der Waals surface area contributed by atoms with Crippen molar-refractivity contribution >= 4 is 15.8 Å². The van der Waals surface area contributed by atoms with Gasteiger partial charge in [-0.2, -0.15) is 4.31 Å². The largest absolute Gasteiger partial charge is 0.496 e. The second kappa shape index (κ2) is 7.35. The van der Waals surface area contributed by atoms with E-state index in [1.807, 2.05) is 0 Å². The summed E-state index contributed by atoms with van der Waals surface area (Å²) in [6.45, 7) is 0.585. The lowest BCUT2D eigenvalue weighted by Crippen LogP contribution is -2.52. The van der Waals surface area contributed by atoms with E-state index in [4.69, 9.17) is 14.2 Å². The molecule has 1 fully saturated rings. The van der Waals surface area contributed by atoms with Gasteiger partial charge >= 0.3 is 0 Å². The average molecular weight is 417 g/mol. The summed E-state index contributed by atoms with van der Waals surface area (Å²) in [5, 5.41) is 0. The highest BCUT2D eigenvalue weighted by Crippen LogP contribution is 2.45. The van der Waals surface area contributed by atoms with Crippen LogP contribution < -0.4 is 14.2 Å². The van der Waals surface area contributed by atoms with Crippen LogP contribution in [0.2, 0.25) is 0 Å². The molecule has 4 rings (SSSR count). The van der Waals surface area contributed by atoms with Gasteiger partial charge in [-0.25, -0.2) is 8.42 Å². The molecule has 154 valence electrons. The second-order valence-corrected chi connectivity index (χ2v) is 9.24. The third kappa shape index (κ3) is 3.47. The van der Waals surface area contributed by atoms with Crippen molar-refractivity contribution in [2.75, 3.05) is 27.3 Å². The summed E-state index contributed by atoms with van der Waals surface area (Å²) in [5.41, 5.74) is -0.303. The summed E-state index contributed by atoms with van der Waals surface area (Å²) in [5.74, 6) is 1.32. The summed E-state index contributed by atoms with van der Waals surface area (Å²) in [6, 6.07) is 11.7. The summed E-state index contributed by atoms with van der Waals surface area (Å²) >= 11 is 0. The predicted octanol–water partition coefficient (Wildman–Crippen LogP) is 2.89. The average Bonchev–Trinajstić information content (AvgIpc) is 2.73. The van der Waals surface area contributed by atoms with Gasteiger partial charge in [0.25, 0.3) is 0 Å². The minimum Gasteiger partial charge on any atom is -0.496 e. The van der Waals surface area contributed by atoms with Gasteiger partial charge in [-0.15, -0.1) is 0 Å². The van der Waals surface area contributed by atoms with Crippen LogP contribution in [0.15, 0.2) is 47.4 Å². The summed E-state index contributed by atoms with van der Waals surface area (Å²) < 4.78 is 44.1. The SMILES string of the molecule is COc1cc(OC)c2c(c1)OC1(CCN(S(=O)(=O)c3ccccc3)CC1)CC2=O. The first-order valence-corrected chi connectivity index (χ1v) is 10.9. The number of benzene rings is 2. The van der Waals surface area contributed by atoms with Gasteiger partial charge in [-0.1, -0.05) is 18.2 Å². The molecule has 0 amide bonds. The lowest BCUT2D eigenvalue weighted by Gasteiger charge is -2.43. The Morgan fingerprint density at radius 3 is 2.34 bits per heavy atom. The van der Waals surface area contributed by atoms with E-state index in [1.165, 1.54) is 18.5 Å². The molecule has 0 atom stereocenters. The molecule has 0 radical (unpaired) electrons. The summed E-state index contributed by atoms with van der Waals surface area (Å²) in [4.78, 5) is 13.2. The van der Waals surface area contributed by atoms with Crippen LogP contribution in [-0.4, -0.2) is 51.4 Å². The number of piperidine rings is 1. The van der Waals surface area contributed by atoms with Crippen LogP contribution in [0.5, 0.6) is 17.2 Å². The molecule has 7 nitrogen and oxygen atoms in total. The Morgan fingerprint density at radius 1 is 1.03 bits per heavy atom. The van der Waals surface area contributed by atoms with E-state index in [-0.39, 0.29) is 17.1 Å². The number of hydrogen-bond donors (Lipinski definition) is 0. The van der Waals surface area contributed by atoms with Crippen molar-refractivity contribution in [3.05, 3.63) is 48.0 Å². The first-order chi connectivity index (χ1) is 13.9. The van der Waals surface area contributed by atoms with Gasteiger partial charge in [-0.05, 0) is 12.1 Å². The van der Waals surface area contributed by atoms with Crippen molar-refractivity contribution in [3.63, 3.8) is 0 Å². The molecule has 1 spiro atoms. The Balaban J connectivity index is 1.58. The number of fused-ring (bicyclic) bond motifs is 1. The van der Waals surface area contributed by atoms with Crippen molar-refractivity contribution in [3.8, 4) is 17.2 Å². The monoisotopic (exact) mass is 417 g/mol. The number of Topliss-reactive ketones (excluding diaryl/α,β-unsaturated/α-hetero) is 1. The Morgan fingerprint density at radius 2 is 1.72 bits per heavy atom. The van der Waals surface area contributed by atoms with Crippen LogP contribution in [0.1, 0.15) is 29.6 Å². The molecule has 0 unspecified atom stereocenters. The third-order valence-electron chi connectivity index (χ3n) is 5.60. The second-order valence-electron chi connectivity index (χ2n) is 7.30. The van der Waals surface area contributed by atoms with E-state index in [9.17, 15) is 13.2 Å². The fraction of sp³-hybridized carbons (Fsp3) is 0.381. The molecular formula is C21H23NO6S. The molecule has 0 bridgehead atoms. The number of nitrogens with zero attached hydrogens (tertiary/aromatic N) is 1. The zero-order chi connectivity index (χ0) is 20.6. The fourth-order valence-electron chi connectivity index (χ4n) is 4.00. The van der Waals surface area contributed by atoms with Gasteiger partial charge < -0.3 is 14.2 Å². The van der Waals surface area contributed by atoms with Crippen molar-refractivity contribution in [1.29, 1.82) is 0 Å². The van der Waals surface area contributed by atoms with E-state index in [2.05, 4.69) is 0 Å². The van der Waals surface area contributed by atoms with Crippen LogP contribution in [-0.2, 0) is 10.0 Å². The number of ether oxygens (including phenoxy) is 3. The standard InChI is InChI=1S/C21H23NO6S/c1-26-15-12-18(27-2)20-17(23)14-21(28-19(20)13-15)8-10-22(11-9-21)29(24,25)16-6-4-3-5-7-16/h3-7,12-13H,8-11,14H2,1-2H3. The van der Waals surface area contributed by atoms with Crippen LogP contribution >= 0.6 is 0 Å². The molecule has 0 aromatic heterocycles. The molecule has 2 aliphatic heterocycles. The number of hydrogen-bond acceptors (Lipinski definition) is 6. The Bertz CT molecular complexity index is 1030. The number of ketones is 1. The first-order valence-electron chi connectivity index (χ1n) is 9.42. The maximum atomic E-state index is 12.9. The number of carbonyl (C=O) groups excluding carboxylic acids is 1. The molecule has 0 aliphatic carbocycles. The Kier molecular flexibility index (Phi) is 5.00. The van der Waals surface area contributed by atoms with Crippen LogP contribution in [0.4, 0.5) is 0 Å². The smallest absolute Gasteiger partial charge is 0.243 e. The number of methoxy groups -OCH3 is 2. The maximum absolute atomic E-state index is 12.9. The molecular weight excluding hydrogens is 394 g/mol. The zero-order valence-corrected chi connectivity index (χ0v) is 17.2. The normalized spacial score (nSPS) is 18.8. The van der Waals surface area contributed by atoms with Crippen LogP contribution in [0.3, 0.4) is 0 Å². The van der Waals surface area contributed by atoms with Crippen molar-refractivity contribution < 1.29 is 27.4 Å². The highest BCUT2D eigenvalue weighted by molar-refractivity contribution is 7.89. The number of sulfonamides is 1. The zero-order valence-electron chi connectivity index (χ0n) is 16.4. The summed E-state index contributed by atoms with van der Waals surface area (Å²) in [6.07, 6.45) is 1.06. The Hall–Kier alpha value is -2.58. The van der Waals surface area contributed by atoms with E-state index in [0.717, 1.165) is 0 Å². The fourth-order valence-corrected chi connectivity index (χ4v) is 5.47. The number of rotatable bonds is 4. The van der Waals surface area contributed by atoms with E-state index in [0.29, 0.717) is 48.7 Å². The van der Waals surface area contributed by atoms with Crippen molar-refractivity contribution in [2.24, 2.45) is 0 Å². The van der Waals surface area contributed by atoms with E-state index >= 15 is 0 Å². The molecule has 1 saturated heterocycles. The number of carbonyl (C=O) groups is 1. The molecule has 2 aliphatic rings. The molecule has 2 heterocycles. The first kappa shape index (κ1) is 19.7. The van der Waals surface area contributed by atoms with E-state index < -0.39 is 15.6 Å². The minimum atomic E-state index is -3.56. The quantitative estimate of drug-likeness (QED) is 0.761. The van der Waals surface area contributed by atoms with Crippen molar-refractivity contribution in [2.45, 2.75) is 29.8 Å². The Labute approximate surface area is 170 Å². The summed E-state index contributed by atoms with van der Waals surface area (Å²) in [7, 11) is -0.524. The van der Waals surface area contributed by atoms with Crippen molar-refractivity contribution in [1.82, 2.24) is 4.31 Å². The highest BCUT2D eigenvalue weighted by Gasteiger charge is 2.46. The molecule has 2 aromatic carbocycles. The molecule has 0 N–H and O–H groups in total. The molecule has 29 heavy (non-hydrogen) atoms.